The van der Waals surface area contributed by atoms with Crippen LogP contribution in [0, 0.1) is 17.2 Å². The second-order valence-corrected chi connectivity index (χ2v) is 6.13. The highest BCUT2D eigenvalue weighted by Gasteiger charge is 2.44. The lowest BCUT2D eigenvalue weighted by molar-refractivity contribution is 0.441. The Bertz CT molecular complexity index is 591. The summed E-state index contributed by atoms with van der Waals surface area (Å²) in [6.07, 6.45) is 2.34. The van der Waals surface area contributed by atoms with Crippen molar-refractivity contribution >= 4 is 22.7 Å². The summed E-state index contributed by atoms with van der Waals surface area (Å²) in [5.74, 6) is 1.30. The smallest absolute Gasteiger partial charge is 0.118 e. The van der Waals surface area contributed by atoms with Crippen molar-refractivity contribution in [3.8, 4) is 6.07 Å². The molecule has 2 aromatic rings. The van der Waals surface area contributed by atoms with Crippen molar-refractivity contribution in [2.45, 2.75) is 23.4 Å². The van der Waals surface area contributed by atoms with Gasteiger partial charge in [0, 0.05) is 16.7 Å². The second kappa shape index (κ2) is 4.92. The van der Waals surface area contributed by atoms with Crippen LogP contribution in [-0.4, -0.2) is 23.3 Å². The number of rotatable bonds is 5. The Balaban J connectivity index is 1.76. The van der Waals surface area contributed by atoms with Gasteiger partial charge in [-0.3, -0.25) is 0 Å². The molecule has 1 fully saturated rings. The molecule has 0 saturated heterocycles. The van der Waals surface area contributed by atoms with Gasteiger partial charge in [0.2, 0.25) is 0 Å². The quantitative estimate of drug-likeness (QED) is 0.821. The van der Waals surface area contributed by atoms with Crippen LogP contribution >= 0.6 is 11.8 Å². The molecule has 3 rings (SSSR count). The van der Waals surface area contributed by atoms with Crippen molar-refractivity contribution in [1.82, 2.24) is 10.3 Å². The van der Waals surface area contributed by atoms with E-state index < -0.39 is 0 Å². The molecule has 4 heteroatoms. The molecule has 0 aliphatic heterocycles. The van der Waals surface area contributed by atoms with Gasteiger partial charge in [-0.1, -0.05) is 18.2 Å². The van der Waals surface area contributed by atoms with Gasteiger partial charge in [0.25, 0.3) is 0 Å². The van der Waals surface area contributed by atoms with Gasteiger partial charge in [0.15, 0.2) is 0 Å². The summed E-state index contributed by atoms with van der Waals surface area (Å²) in [6.45, 7) is 0. The number of fused-ring (bicyclic) bond motifs is 1. The molecule has 0 radical (unpaired) electrons. The Morgan fingerprint density at radius 2 is 2.26 bits per heavy atom. The van der Waals surface area contributed by atoms with Crippen molar-refractivity contribution in [3.63, 3.8) is 0 Å². The lowest BCUT2D eigenvalue weighted by Crippen LogP contribution is -2.46. The maximum atomic E-state index is 9.47. The molecule has 1 atom stereocenters. The zero-order valence-corrected chi connectivity index (χ0v) is 11.8. The van der Waals surface area contributed by atoms with E-state index in [1.165, 1.54) is 18.2 Å². The number of para-hydroxylation sites is 1. The maximum Gasteiger partial charge on any atom is 0.118 e. The number of aromatic nitrogens is 1. The van der Waals surface area contributed by atoms with E-state index in [2.05, 4.69) is 34.6 Å². The molecule has 1 heterocycles. The molecule has 1 aliphatic carbocycles. The fourth-order valence-corrected chi connectivity index (χ4v) is 3.69. The van der Waals surface area contributed by atoms with Crippen LogP contribution in [0.15, 0.2) is 35.4 Å². The molecular formula is C15H17N3S. The number of nitrogens with zero attached hydrogens (tertiary/aromatic N) is 1. The Morgan fingerprint density at radius 3 is 2.89 bits per heavy atom. The minimum atomic E-state index is -0.373. The molecule has 0 amide bonds. The van der Waals surface area contributed by atoms with Crippen molar-refractivity contribution in [2.24, 2.45) is 5.92 Å². The van der Waals surface area contributed by atoms with Crippen molar-refractivity contribution < 1.29 is 0 Å². The molecule has 1 aromatic heterocycles. The Hall–Kier alpha value is -1.44. The molecule has 19 heavy (non-hydrogen) atoms. The standard InChI is InChI=1S/C15H17N3S/c1-17-15(9-16,12-6-7-12)10-19-14-8-11-4-2-3-5-13(11)18-14/h2-5,8,12,17-18H,6-7,10H2,1H3. The minimum Gasteiger partial charge on any atom is -0.350 e. The van der Waals surface area contributed by atoms with Gasteiger partial charge < -0.3 is 10.3 Å². The summed E-state index contributed by atoms with van der Waals surface area (Å²) in [5.41, 5.74) is 0.783. The third kappa shape index (κ3) is 2.36. The van der Waals surface area contributed by atoms with Crippen molar-refractivity contribution in [3.05, 3.63) is 30.3 Å². The van der Waals surface area contributed by atoms with Crippen molar-refractivity contribution in [2.75, 3.05) is 12.8 Å². The average molecular weight is 271 g/mol. The first-order chi connectivity index (χ1) is 9.27. The second-order valence-electron chi connectivity index (χ2n) is 5.12. The molecule has 98 valence electrons. The lowest BCUT2D eigenvalue weighted by Gasteiger charge is -2.25. The third-order valence-corrected chi connectivity index (χ3v) is 5.01. The van der Waals surface area contributed by atoms with Crippen molar-refractivity contribution in [1.29, 1.82) is 5.26 Å². The van der Waals surface area contributed by atoms with E-state index in [4.69, 9.17) is 0 Å². The molecule has 0 bridgehead atoms. The zero-order valence-electron chi connectivity index (χ0n) is 10.9. The Morgan fingerprint density at radius 1 is 1.47 bits per heavy atom. The first kappa shape index (κ1) is 12.6. The number of benzene rings is 1. The van der Waals surface area contributed by atoms with E-state index >= 15 is 0 Å². The van der Waals surface area contributed by atoms with Gasteiger partial charge >= 0.3 is 0 Å². The highest BCUT2D eigenvalue weighted by atomic mass is 32.2. The van der Waals surface area contributed by atoms with Gasteiger partial charge in [-0.05, 0) is 37.9 Å². The van der Waals surface area contributed by atoms with E-state index in [0.29, 0.717) is 5.92 Å². The molecule has 3 nitrogen and oxygen atoms in total. The number of aromatic amines is 1. The van der Waals surface area contributed by atoms with E-state index in [1.807, 2.05) is 19.2 Å². The van der Waals surface area contributed by atoms with E-state index in [-0.39, 0.29) is 5.54 Å². The van der Waals surface area contributed by atoms with Gasteiger partial charge in [0.1, 0.15) is 5.54 Å². The predicted molar refractivity (Wildman–Crippen MR) is 79.2 cm³/mol. The van der Waals surface area contributed by atoms with E-state index in [0.717, 1.165) is 16.3 Å². The van der Waals surface area contributed by atoms with E-state index in [9.17, 15) is 5.26 Å². The predicted octanol–water partition coefficient (Wildman–Crippen LogP) is 3.15. The first-order valence-corrected chi connectivity index (χ1v) is 7.57. The fourth-order valence-electron chi connectivity index (χ4n) is 2.47. The lowest BCUT2D eigenvalue weighted by atomic mass is 9.98. The van der Waals surface area contributed by atoms with E-state index in [1.54, 1.807) is 11.8 Å². The Labute approximate surface area is 117 Å². The maximum absolute atomic E-state index is 9.47. The van der Waals surface area contributed by atoms with Gasteiger partial charge in [-0.2, -0.15) is 5.26 Å². The van der Waals surface area contributed by atoms with Crippen LogP contribution in [0.3, 0.4) is 0 Å². The summed E-state index contributed by atoms with van der Waals surface area (Å²) < 4.78 is 0. The summed E-state index contributed by atoms with van der Waals surface area (Å²) in [4.78, 5) is 3.40. The number of hydrogen-bond acceptors (Lipinski definition) is 3. The molecule has 2 N–H and O–H groups in total. The Kier molecular flexibility index (Phi) is 3.26. The molecule has 0 spiro atoms. The van der Waals surface area contributed by atoms with Crippen LogP contribution in [0.2, 0.25) is 0 Å². The SMILES string of the molecule is CNC(C#N)(CSc1cc2ccccc2[nH]1)C1CC1. The molecular weight excluding hydrogens is 254 g/mol. The number of nitrogens with one attached hydrogen (secondary N) is 2. The van der Waals surface area contributed by atoms with Crippen LogP contribution < -0.4 is 5.32 Å². The van der Waals surface area contributed by atoms with Crippen LogP contribution in [0.5, 0.6) is 0 Å². The zero-order chi connectivity index (χ0) is 13.3. The fraction of sp³-hybridized carbons (Fsp3) is 0.400. The summed E-state index contributed by atoms with van der Waals surface area (Å²) in [5, 5.41) is 15.1. The van der Waals surface area contributed by atoms with Crippen LogP contribution in [0.25, 0.3) is 10.9 Å². The topological polar surface area (TPSA) is 51.6 Å². The largest absolute Gasteiger partial charge is 0.350 e. The summed E-state index contributed by atoms with van der Waals surface area (Å²) in [6, 6.07) is 12.9. The number of nitriles is 1. The normalized spacial score (nSPS) is 18.1. The number of thioether (sulfide) groups is 1. The third-order valence-electron chi connectivity index (χ3n) is 3.88. The molecule has 1 aromatic carbocycles. The average Bonchev–Trinajstić information content (AvgIpc) is 3.21. The first-order valence-electron chi connectivity index (χ1n) is 6.58. The monoisotopic (exact) mass is 271 g/mol. The number of H-pyrrole nitrogens is 1. The highest BCUT2D eigenvalue weighted by Crippen LogP contribution is 2.42. The minimum absolute atomic E-state index is 0.373. The summed E-state index contributed by atoms with van der Waals surface area (Å²) in [7, 11) is 1.90. The molecule has 1 saturated carbocycles. The van der Waals surface area contributed by atoms with Crippen LogP contribution in [0.1, 0.15) is 12.8 Å². The summed E-state index contributed by atoms with van der Waals surface area (Å²) >= 11 is 1.73. The van der Waals surface area contributed by atoms with Crippen LogP contribution in [0.4, 0.5) is 0 Å². The van der Waals surface area contributed by atoms with Gasteiger partial charge in [0.05, 0.1) is 11.1 Å². The molecule has 1 unspecified atom stereocenters. The highest BCUT2D eigenvalue weighted by molar-refractivity contribution is 7.99. The van der Waals surface area contributed by atoms with Gasteiger partial charge in [-0.25, -0.2) is 0 Å². The van der Waals surface area contributed by atoms with Gasteiger partial charge in [-0.15, -0.1) is 11.8 Å². The van der Waals surface area contributed by atoms with Crippen LogP contribution in [-0.2, 0) is 0 Å². The molecule has 1 aliphatic rings. The number of hydrogen-bond donors (Lipinski definition) is 2.